The maximum atomic E-state index is 11.8. The Morgan fingerprint density at radius 1 is 1.35 bits per heavy atom. The lowest BCUT2D eigenvalue weighted by molar-refractivity contribution is -0.136. The van der Waals surface area contributed by atoms with Crippen molar-refractivity contribution >= 4 is 33.4 Å². The molecule has 0 heterocycles. The topological polar surface area (TPSA) is 80.4 Å². The number of carboxylic acid groups (broad SMARTS) is 1. The molecule has 92 valence electrons. The number of nitrogens with two attached hydrogens (primary N) is 1. The van der Waals surface area contributed by atoms with Crippen LogP contribution < -0.4 is 5.73 Å². The summed E-state index contributed by atoms with van der Waals surface area (Å²) in [5.74, 6) is -1.22. The van der Waals surface area contributed by atoms with Gasteiger partial charge in [-0.15, -0.1) is 0 Å². The molecule has 0 fully saturated rings. The van der Waals surface area contributed by atoms with Gasteiger partial charge in [-0.3, -0.25) is 9.59 Å². The summed E-state index contributed by atoms with van der Waals surface area (Å²) >= 11 is 3.31. The second-order valence-corrected chi connectivity index (χ2v) is 4.61. The minimum Gasteiger partial charge on any atom is -0.481 e. The Morgan fingerprint density at radius 3 is 2.53 bits per heavy atom. The van der Waals surface area contributed by atoms with Crippen molar-refractivity contribution in [1.29, 1.82) is 0 Å². The summed E-state index contributed by atoms with van der Waals surface area (Å²) < 4.78 is 0.780. The lowest BCUT2D eigenvalue weighted by Gasteiger charge is -2.09. The van der Waals surface area contributed by atoms with Crippen LogP contribution in [-0.4, -0.2) is 16.9 Å². The summed E-state index contributed by atoms with van der Waals surface area (Å²) in [7, 11) is 0. The second-order valence-electron chi connectivity index (χ2n) is 3.70. The Morgan fingerprint density at radius 2 is 2.00 bits per heavy atom. The molecule has 0 aliphatic carbocycles. The molecule has 0 unspecified atom stereocenters. The maximum absolute atomic E-state index is 11.8. The van der Waals surface area contributed by atoms with Gasteiger partial charge in [-0.25, -0.2) is 0 Å². The van der Waals surface area contributed by atoms with E-state index in [0.717, 1.165) is 16.5 Å². The Labute approximate surface area is 108 Å². The average Bonchev–Trinajstić information content (AvgIpc) is 2.28. The third-order valence-corrected chi connectivity index (χ3v) is 2.94. The van der Waals surface area contributed by atoms with Gasteiger partial charge in [0.25, 0.3) is 0 Å². The molecule has 0 spiro atoms. The van der Waals surface area contributed by atoms with Crippen LogP contribution in [0.25, 0.3) is 0 Å². The molecular formula is C12H14BrNO3. The maximum Gasteiger partial charge on any atom is 0.303 e. The average molecular weight is 300 g/mol. The molecule has 0 amide bonds. The van der Waals surface area contributed by atoms with Gasteiger partial charge in [0.15, 0.2) is 5.78 Å². The highest BCUT2D eigenvalue weighted by molar-refractivity contribution is 9.10. The SMILES string of the molecule is CCc1cc(Br)cc(C(=O)CCC(=O)O)c1N. The van der Waals surface area contributed by atoms with E-state index in [4.69, 9.17) is 10.8 Å². The first-order valence-corrected chi connectivity index (χ1v) is 6.07. The largest absolute Gasteiger partial charge is 0.481 e. The molecule has 0 saturated heterocycles. The van der Waals surface area contributed by atoms with Crippen molar-refractivity contribution in [2.45, 2.75) is 26.2 Å². The van der Waals surface area contributed by atoms with Crippen LogP contribution in [0.5, 0.6) is 0 Å². The number of hydrogen-bond acceptors (Lipinski definition) is 3. The van der Waals surface area contributed by atoms with Crippen LogP contribution in [0, 0.1) is 0 Å². The second kappa shape index (κ2) is 5.82. The number of hydrogen-bond donors (Lipinski definition) is 2. The summed E-state index contributed by atoms with van der Waals surface area (Å²) in [5.41, 5.74) is 7.62. The molecule has 3 N–H and O–H groups in total. The van der Waals surface area contributed by atoms with Crippen molar-refractivity contribution in [2.24, 2.45) is 0 Å². The van der Waals surface area contributed by atoms with E-state index in [1.54, 1.807) is 6.07 Å². The zero-order valence-electron chi connectivity index (χ0n) is 9.50. The Balaban J connectivity index is 3.00. The number of nitrogen functional groups attached to an aromatic ring is 1. The van der Waals surface area contributed by atoms with Gasteiger partial charge in [0.05, 0.1) is 6.42 Å². The lowest BCUT2D eigenvalue weighted by atomic mass is 10.00. The number of halogens is 1. The number of benzene rings is 1. The molecule has 0 saturated carbocycles. The molecule has 0 bridgehead atoms. The highest BCUT2D eigenvalue weighted by Crippen LogP contribution is 2.25. The van der Waals surface area contributed by atoms with Gasteiger partial charge < -0.3 is 10.8 Å². The van der Waals surface area contributed by atoms with Crippen molar-refractivity contribution in [3.05, 3.63) is 27.7 Å². The Bertz CT molecular complexity index is 457. The first kappa shape index (κ1) is 13.7. The zero-order valence-corrected chi connectivity index (χ0v) is 11.1. The van der Waals surface area contributed by atoms with Crippen LogP contribution in [0.4, 0.5) is 5.69 Å². The summed E-state index contributed by atoms with van der Waals surface area (Å²) in [6.45, 7) is 1.95. The summed E-state index contributed by atoms with van der Waals surface area (Å²) in [5, 5.41) is 8.54. The smallest absolute Gasteiger partial charge is 0.303 e. The quantitative estimate of drug-likeness (QED) is 0.647. The molecule has 0 aromatic heterocycles. The van der Waals surface area contributed by atoms with Crippen LogP contribution in [0.1, 0.15) is 35.7 Å². The molecule has 5 heteroatoms. The number of anilines is 1. The third-order valence-electron chi connectivity index (χ3n) is 2.48. The van der Waals surface area contributed by atoms with Crippen molar-refractivity contribution in [1.82, 2.24) is 0 Å². The van der Waals surface area contributed by atoms with E-state index in [9.17, 15) is 9.59 Å². The minimum absolute atomic E-state index is 0.0286. The van der Waals surface area contributed by atoms with Crippen molar-refractivity contribution in [2.75, 3.05) is 5.73 Å². The van der Waals surface area contributed by atoms with Crippen LogP contribution in [0.3, 0.4) is 0 Å². The van der Waals surface area contributed by atoms with Crippen LogP contribution in [0.2, 0.25) is 0 Å². The van der Waals surface area contributed by atoms with Gasteiger partial charge in [0, 0.05) is 22.1 Å². The molecule has 4 nitrogen and oxygen atoms in total. The molecule has 17 heavy (non-hydrogen) atoms. The van der Waals surface area contributed by atoms with E-state index in [0.29, 0.717) is 11.3 Å². The van der Waals surface area contributed by atoms with Gasteiger partial charge >= 0.3 is 5.97 Å². The molecule has 0 aliphatic rings. The fourth-order valence-corrected chi connectivity index (χ4v) is 2.06. The van der Waals surface area contributed by atoms with E-state index in [-0.39, 0.29) is 18.6 Å². The van der Waals surface area contributed by atoms with Gasteiger partial charge in [0.1, 0.15) is 0 Å². The Kier molecular flexibility index (Phi) is 4.69. The molecule has 0 atom stereocenters. The zero-order chi connectivity index (χ0) is 13.0. The number of aliphatic carboxylic acids is 1. The van der Waals surface area contributed by atoms with Crippen LogP contribution in [-0.2, 0) is 11.2 Å². The number of carbonyl (C=O) groups excluding carboxylic acids is 1. The van der Waals surface area contributed by atoms with Gasteiger partial charge in [0.2, 0.25) is 0 Å². The fourth-order valence-electron chi connectivity index (χ4n) is 1.55. The van der Waals surface area contributed by atoms with Gasteiger partial charge in [-0.05, 0) is 24.1 Å². The third kappa shape index (κ3) is 3.56. The van der Waals surface area contributed by atoms with E-state index < -0.39 is 5.97 Å². The summed E-state index contributed by atoms with van der Waals surface area (Å²) in [6, 6.07) is 3.50. The fraction of sp³-hybridized carbons (Fsp3) is 0.333. The summed E-state index contributed by atoms with van der Waals surface area (Å²) in [6.07, 6.45) is 0.524. The highest BCUT2D eigenvalue weighted by atomic mass is 79.9. The van der Waals surface area contributed by atoms with Crippen molar-refractivity contribution in [3.8, 4) is 0 Å². The van der Waals surface area contributed by atoms with Crippen molar-refractivity contribution in [3.63, 3.8) is 0 Å². The van der Waals surface area contributed by atoms with Gasteiger partial charge in [-0.1, -0.05) is 22.9 Å². The number of rotatable bonds is 5. The van der Waals surface area contributed by atoms with Gasteiger partial charge in [-0.2, -0.15) is 0 Å². The first-order valence-electron chi connectivity index (χ1n) is 5.28. The van der Waals surface area contributed by atoms with E-state index in [2.05, 4.69) is 15.9 Å². The number of aryl methyl sites for hydroxylation is 1. The first-order chi connectivity index (χ1) is 7.95. The minimum atomic E-state index is -0.984. The van der Waals surface area contributed by atoms with Crippen LogP contribution in [0.15, 0.2) is 16.6 Å². The standard InChI is InChI=1S/C12H14BrNO3/c1-2-7-5-8(13)6-9(12(7)14)10(15)3-4-11(16)17/h5-6H,2-4,14H2,1H3,(H,16,17). The number of ketones is 1. The van der Waals surface area contributed by atoms with E-state index in [1.807, 2.05) is 13.0 Å². The number of carboxylic acids is 1. The number of carbonyl (C=O) groups is 2. The van der Waals surface area contributed by atoms with Crippen molar-refractivity contribution < 1.29 is 14.7 Å². The predicted molar refractivity (Wildman–Crippen MR) is 69.1 cm³/mol. The summed E-state index contributed by atoms with van der Waals surface area (Å²) in [4.78, 5) is 22.2. The van der Waals surface area contributed by atoms with Crippen LogP contribution >= 0.6 is 15.9 Å². The monoisotopic (exact) mass is 299 g/mol. The van der Waals surface area contributed by atoms with E-state index >= 15 is 0 Å². The predicted octanol–water partition coefficient (Wildman–Crippen LogP) is 2.64. The molecule has 0 radical (unpaired) electrons. The highest BCUT2D eigenvalue weighted by Gasteiger charge is 2.14. The van der Waals surface area contributed by atoms with E-state index in [1.165, 1.54) is 0 Å². The molecule has 1 rings (SSSR count). The molecule has 0 aliphatic heterocycles. The molecule has 1 aromatic carbocycles. The molecule has 1 aromatic rings. The molecular weight excluding hydrogens is 286 g/mol. The normalized spacial score (nSPS) is 10.2. The number of Topliss-reactive ketones (excluding diaryl/α,β-unsaturated/α-hetero) is 1. The lowest BCUT2D eigenvalue weighted by Crippen LogP contribution is -2.08. The Hall–Kier alpha value is -1.36.